The molecule has 8 heteroatoms. The lowest BCUT2D eigenvalue weighted by atomic mass is 9.91. The largest absolute Gasteiger partial charge is 0.350 e. The molecule has 7 nitrogen and oxygen atoms in total. The molecule has 1 aromatic carbocycles. The van der Waals surface area contributed by atoms with Crippen LogP contribution in [0.2, 0.25) is 0 Å². The highest BCUT2D eigenvalue weighted by Crippen LogP contribution is 2.28. The zero-order valence-corrected chi connectivity index (χ0v) is 18.8. The zero-order chi connectivity index (χ0) is 22.1. The van der Waals surface area contributed by atoms with E-state index in [2.05, 4.69) is 32.5 Å². The van der Waals surface area contributed by atoms with Crippen LogP contribution in [0.5, 0.6) is 0 Å². The van der Waals surface area contributed by atoms with Crippen molar-refractivity contribution in [3.63, 3.8) is 0 Å². The molecule has 32 heavy (non-hydrogen) atoms. The minimum atomic E-state index is -0.180. The summed E-state index contributed by atoms with van der Waals surface area (Å²) < 4.78 is 0.880. The van der Waals surface area contributed by atoms with Crippen LogP contribution in [0.4, 0.5) is 11.6 Å². The lowest BCUT2D eigenvalue weighted by Crippen LogP contribution is -2.42. The molecule has 2 atom stereocenters. The number of thiophene rings is 1. The molecule has 2 unspecified atom stereocenters. The molecule has 1 aliphatic carbocycles. The Morgan fingerprint density at radius 3 is 2.94 bits per heavy atom. The molecule has 0 aliphatic heterocycles. The SMILES string of the molecule is CCc1cc(NC(=O)c2csc3cnc(NC4CCCCC4N)nc23)cc2cccnc12. The molecule has 5 rings (SSSR count). The minimum Gasteiger partial charge on any atom is -0.350 e. The number of rotatable bonds is 5. The van der Waals surface area contributed by atoms with Gasteiger partial charge in [0.2, 0.25) is 5.95 Å². The zero-order valence-electron chi connectivity index (χ0n) is 18.0. The van der Waals surface area contributed by atoms with Crippen molar-refractivity contribution in [2.75, 3.05) is 10.6 Å². The summed E-state index contributed by atoms with van der Waals surface area (Å²) in [7, 11) is 0. The molecule has 1 saturated carbocycles. The van der Waals surface area contributed by atoms with Gasteiger partial charge in [-0.3, -0.25) is 9.78 Å². The number of carbonyl (C=O) groups is 1. The van der Waals surface area contributed by atoms with E-state index in [1.165, 1.54) is 17.8 Å². The van der Waals surface area contributed by atoms with Crippen LogP contribution in [0, 0.1) is 0 Å². The third-order valence-electron chi connectivity index (χ3n) is 6.12. The van der Waals surface area contributed by atoms with Crippen LogP contribution in [0.15, 0.2) is 42.0 Å². The van der Waals surface area contributed by atoms with Gasteiger partial charge in [-0.1, -0.05) is 25.8 Å². The van der Waals surface area contributed by atoms with Crippen LogP contribution in [-0.4, -0.2) is 32.9 Å². The maximum Gasteiger partial charge on any atom is 0.258 e. The van der Waals surface area contributed by atoms with E-state index in [1.807, 2.05) is 29.6 Å². The Bertz CT molecular complexity index is 1290. The van der Waals surface area contributed by atoms with E-state index in [1.54, 1.807) is 12.4 Å². The van der Waals surface area contributed by atoms with E-state index in [9.17, 15) is 4.79 Å². The number of carbonyl (C=O) groups excluding carboxylic acids is 1. The van der Waals surface area contributed by atoms with Gasteiger partial charge in [-0.15, -0.1) is 11.3 Å². The van der Waals surface area contributed by atoms with Crippen molar-refractivity contribution < 1.29 is 4.79 Å². The van der Waals surface area contributed by atoms with Gasteiger partial charge in [-0.25, -0.2) is 9.97 Å². The van der Waals surface area contributed by atoms with Gasteiger partial charge in [0.25, 0.3) is 5.91 Å². The van der Waals surface area contributed by atoms with Crippen molar-refractivity contribution in [2.45, 2.75) is 51.1 Å². The quantitative estimate of drug-likeness (QED) is 0.409. The lowest BCUT2D eigenvalue weighted by Gasteiger charge is -2.29. The number of benzene rings is 1. The summed E-state index contributed by atoms with van der Waals surface area (Å²) in [5, 5.41) is 9.28. The standard InChI is InChI=1S/C24H26N6OS/c1-2-14-10-16(11-15-6-5-9-26-21(14)15)28-23(31)17-13-32-20-12-27-24(30-22(17)20)29-19-8-4-3-7-18(19)25/h5-6,9-13,18-19H,2-4,7-8,25H2,1H3,(H,28,31)(H,27,29,30). The van der Waals surface area contributed by atoms with Crippen LogP contribution in [0.25, 0.3) is 21.1 Å². The fourth-order valence-electron chi connectivity index (χ4n) is 4.37. The Morgan fingerprint density at radius 2 is 2.09 bits per heavy atom. The molecule has 4 aromatic rings. The summed E-state index contributed by atoms with van der Waals surface area (Å²) in [6, 6.07) is 8.13. The number of aromatic nitrogens is 3. The molecule has 1 aliphatic rings. The number of amides is 1. The van der Waals surface area contributed by atoms with Gasteiger partial charge >= 0.3 is 0 Å². The molecule has 3 aromatic heterocycles. The van der Waals surface area contributed by atoms with E-state index in [0.29, 0.717) is 17.0 Å². The Balaban J connectivity index is 1.42. The van der Waals surface area contributed by atoms with E-state index < -0.39 is 0 Å². The average molecular weight is 447 g/mol. The second-order valence-electron chi connectivity index (χ2n) is 8.27. The van der Waals surface area contributed by atoms with Crippen LogP contribution >= 0.6 is 11.3 Å². The monoisotopic (exact) mass is 446 g/mol. The maximum atomic E-state index is 13.2. The van der Waals surface area contributed by atoms with Crippen molar-refractivity contribution >= 4 is 50.0 Å². The van der Waals surface area contributed by atoms with E-state index in [4.69, 9.17) is 5.73 Å². The van der Waals surface area contributed by atoms with Crippen LogP contribution in [0.1, 0.15) is 48.5 Å². The van der Waals surface area contributed by atoms with Gasteiger partial charge in [0.15, 0.2) is 0 Å². The number of hydrogen-bond donors (Lipinski definition) is 3. The number of pyridine rings is 1. The van der Waals surface area contributed by atoms with E-state index in [0.717, 1.165) is 52.5 Å². The van der Waals surface area contributed by atoms with Crippen LogP contribution in [0.3, 0.4) is 0 Å². The van der Waals surface area contributed by atoms with E-state index >= 15 is 0 Å². The van der Waals surface area contributed by atoms with E-state index in [-0.39, 0.29) is 18.0 Å². The van der Waals surface area contributed by atoms with Gasteiger partial charge in [-0.2, -0.15) is 0 Å². The Labute approximate surface area is 190 Å². The first-order valence-electron chi connectivity index (χ1n) is 11.1. The van der Waals surface area contributed by atoms with Crippen LogP contribution in [-0.2, 0) is 6.42 Å². The normalized spacial score (nSPS) is 18.7. The number of fused-ring (bicyclic) bond motifs is 2. The molecule has 0 bridgehead atoms. The Hall–Kier alpha value is -3.10. The Morgan fingerprint density at radius 1 is 1.22 bits per heavy atom. The highest BCUT2D eigenvalue weighted by molar-refractivity contribution is 7.17. The molecular formula is C24H26N6OS. The average Bonchev–Trinajstić information content (AvgIpc) is 3.23. The van der Waals surface area contributed by atoms with Crippen molar-refractivity contribution in [1.82, 2.24) is 15.0 Å². The molecule has 0 radical (unpaired) electrons. The van der Waals surface area contributed by atoms with Crippen molar-refractivity contribution in [2.24, 2.45) is 5.73 Å². The third-order valence-corrected chi connectivity index (χ3v) is 7.02. The van der Waals surface area contributed by atoms with Gasteiger partial charge in [0, 0.05) is 34.7 Å². The highest BCUT2D eigenvalue weighted by atomic mass is 32.1. The summed E-state index contributed by atoms with van der Waals surface area (Å²) in [6.45, 7) is 2.09. The fraction of sp³-hybridized carbons (Fsp3) is 0.333. The van der Waals surface area contributed by atoms with Gasteiger partial charge in [0.05, 0.1) is 27.5 Å². The number of anilines is 2. The fourth-order valence-corrected chi connectivity index (χ4v) is 5.22. The molecule has 1 fully saturated rings. The number of nitrogens with two attached hydrogens (primary N) is 1. The highest BCUT2D eigenvalue weighted by Gasteiger charge is 2.23. The number of hydrogen-bond acceptors (Lipinski definition) is 7. The van der Waals surface area contributed by atoms with Gasteiger partial charge < -0.3 is 16.4 Å². The van der Waals surface area contributed by atoms with Crippen molar-refractivity contribution in [3.8, 4) is 0 Å². The van der Waals surface area contributed by atoms with Crippen LogP contribution < -0.4 is 16.4 Å². The minimum absolute atomic E-state index is 0.100. The lowest BCUT2D eigenvalue weighted by molar-refractivity contribution is 0.102. The molecule has 0 saturated heterocycles. The predicted octanol–water partition coefficient (Wildman–Crippen LogP) is 4.74. The second-order valence-corrected chi connectivity index (χ2v) is 9.18. The number of nitrogens with one attached hydrogen (secondary N) is 2. The summed E-state index contributed by atoms with van der Waals surface area (Å²) >= 11 is 1.47. The first-order valence-corrected chi connectivity index (χ1v) is 12.0. The molecule has 1 amide bonds. The molecular weight excluding hydrogens is 420 g/mol. The Kier molecular flexibility index (Phi) is 5.71. The molecule has 4 N–H and O–H groups in total. The van der Waals surface area contributed by atoms with Gasteiger partial charge in [0.1, 0.15) is 0 Å². The first-order chi connectivity index (χ1) is 15.6. The number of aryl methyl sites for hydroxylation is 1. The summed E-state index contributed by atoms with van der Waals surface area (Å²) in [5.74, 6) is 0.345. The summed E-state index contributed by atoms with van der Waals surface area (Å²) in [4.78, 5) is 26.8. The predicted molar refractivity (Wildman–Crippen MR) is 130 cm³/mol. The smallest absolute Gasteiger partial charge is 0.258 e. The summed E-state index contributed by atoms with van der Waals surface area (Å²) in [5.41, 5.74) is 10.3. The third kappa shape index (κ3) is 4.03. The summed E-state index contributed by atoms with van der Waals surface area (Å²) in [6.07, 6.45) is 8.74. The topological polar surface area (TPSA) is 106 Å². The molecule has 0 spiro atoms. The molecule has 3 heterocycles. The molecule has 164 valence electrons. The number of nitrogens with zero attached hydrogens (tertiary/aromatic N) is 3. The van der Waals surface area contributed by atoms with Crippen molar-refractivity contribution in [3.05, 3.63) is 53.2 Å². The van der Waals surface area contributed by atoms with Crippen molar-refractivity contribution in [1.29, 1.82) is 0 Å². The second kappa shape index (κ2) is 8.80. The van der Waals surface area contributed by atoms with Gasteiger partial charge in [-0.05, 0) is 43.0 Å². The first kappa shape index (κ1) is 20.8. The maximum absolute atomic E-state index is 13.2.